The summed E-state index contributed by atoms with van der Waals surface area (Å²) in [6.45, 7) is 37.7. The van der Waals surface area contributed by atoms with E-state index in [4.69, 9.17) is 21.1 Å². The molecule has 0 aromatic heterocycles. The normalized spacial score (nSPS) is 10.9. The summed E-state index contributed by atoms with van der Waals surface area (Å²) in [5, 5.41) is 26.3. The molecule has 0 aliphatic carbocycles. The molecule has 0 fully saturated rings. The lowest BCUT2D eigenvalue weighted by Crippen LogP contribution is -2.27. The Morgan fingerprint density at radius 2 is 0.614 bits per heavy atom. The zero-order valence-electron chi connectivity index (χ0n) is 40.8. The third-order valence-electron chi connectivity index (χ3n) is 10.4. The third-order valence-corrected chi connectivity index (χ3v) is 10.6. The summed E-state index contributed by atoms with van der Waals surface area (Å²) in [6.07, 6.45) is 24.8. The second-order valence-electron chi connectivity index (χ2n) is 15.1. The average molecular weight is 840 g/mol. The highest BCUT2D eigenvalue weighted by Gasteiger charge is 2.01. The van der Waals surface area contributed by atoms with Crippen LogP contribution in [0.4, 0.5) is 0 Å². The fraction of sp³-hybridized carbons (Fsp3) is 1.00. The number of unbranched alkanes of at least 4 members (excludes halogenated alkanes) is 14. The van der Waals surface area contributed by atoms with Gasteiger partial charge in [0.15, 0.2) is 0 Å². The van der Waals surface area contributed by atoms with Crippen molar-refractivity contribution in [3.8, 4) is 0 Å². The maximum Gasteiger partial charge on any atom is 0.0956 e. The first kappa shape index (κ1) is 66.1. The summed E-state index contributed by atoms with van der Waals surface area (Å²) in [4.78, 5) is 11.3. The quantitative estimate of drug-likeness (QED) is 0.0238. The van der Waals surface area contributed by atoms with Crippen LogP contribution in [0, 0.1) is 0 Å². The van der Waals surface area contributed by atoms with Gasteiger partial charge in [0.2, 0.25) is 0 Å². The molecule has 0 atom stereocenters. The summed E-state index contributed by atoms with van der Waals surface area (Å²) in [7, 11) is 0. The Morgan fingerprint density at radius 3 is 0.860 bits per heavy atom. The molecule has 0 aliphatic rings. The van der Waals surface area contributed by atoms with E-state index >= 15 is 0 Å². The number of aliphatic hydroxyl groups is 3. The third kappa shape index (κ3) is 60.4. The van der Waals surface area contributed by atoms with Crippen molar-refractivity contribution in [2.24, 2.45) is 5.73 Å². The molecule has 0 radical (unpaired) electrons. The van der Waals surface area contributed by atoms with E-state index in [0.29, 0.717) is 6.61 Å². The van der Waals surface area contributed by atoms with Crippen LogP contribution in [0.3, 0.4) is 0 Å². The second-order valence-corrected chi connectivity index (χ2v) is 15.6. The lowest BCUT2D eigenvalue weighted by atomic mass is 10.2. The van der Waals surface area contributed by atoms with Gasteiger partial charge in [-0.1, -0.05) is 153 Å². The number of rotatable bonds is 37. The maximum absolute atomic E-state index is 8.81. The van der Waals surface area contributed by atoms with E-state index in [2.05, 4.69) is 101 Å². The van der Waals surface area contributed by atoms with Gasteiger partial charge in [-0.05, 0) is 104 Å². The molecule has 352 valence electrons. The van der Waals surface area contributed by atoms with Crippen LogP contribution in [0.15, 0.2) is 0 Å². The number of likely N-dealkylation sites (N-methyl/N-ethyl adjacent to an activating group) is 1. The predicted molar refractivity (Wildman–Crippen MR) is 261 cm³/mol. The van der Waals surface area contributed by atoms with Gasteiger partial charge in [-0.15, -0.1) is 0 Å². The summed E-state index contributed by atoms with van der Waals surface area (Å²) in [5.74, 6) is 0.988. The van der Waals surface area contributed by atoms with Crippen LogP contribution in [-0.4, -0.2) is 157 Å². The first-order valence-corrected chi connectivity index (χ1v) is 25.1. The molecule has 0 bridgehead atoms. The average Bonchev–Trinajstić information content (AvgIpc) is 3.24. The zero-order chi connectivity index (χ0) is 44.0. The van der Waals surface area contributed by atoms with Crippen LogP contribution < -0.4 is 5.73 Å². The molecule has 0 unspecified atom stereocenters. The largest absolute Gasteiger partial charge is 0.395 e. The molecular formula is C47H110N6O3S. The number of nitrogens with zero attached hydrogens (tertiary/aromatic N) is 5. The monoisotopic (exact) mass is 839 g/mol. The Morgan fingerprint density at radius 1 is 0.333 bits per heavy atom. The Bertz CT molecular complexity index is 562. The number of hydrogen-bond acceptors (Lipinski definition) is 10. The molecule has 10 heteroatoms. The molecule has 0 rings (SSSR count). The summed E-state index contributed by atoms with van der Waals surface area (Å²) in [5.41, 5.74) is 5.35. The van der Waals surface area contributed by atoms with Crippen molar-refractivity contribution in [1.82, 2.24) is 24.5 Å². The van der Waals surface area contributed by atoms with E-state index in [1.54, 1.807) is 0 Å². The molecule has 0 saturated carbocycles. The minimum Gasteiger partial charge on any atom is -0.395 e. The van der Waals surface area contributed by atoms with Gasteiger partial charge in [-0.2, -0.15) is 12.6 Å². The molecule has 0 saturated heterocycles. The van der Waals surface area contributed by atoms with Crippen LogP contribution in [0.25, 0.3) is 0 Å². The van der Waals surface area contributed by atoms with Gasteiger partial charge in [0, 0.05) is 31.9 Å². The number of nitrogens with two attached hydrogens (primary N) is 1. The van der Waals surface area contributed by atoms with Crippen molar-refractivity contribution in [3.05, 3.63) is 0 Å². The summed E-state index contributed by atoms with van der Waals surface area (Å²) < 4.78 is 0. The van der Waals surface area contributed by atoms with Crippen molar-refractivity contribution < 1.29 is 15.3 Å². The van der Waals surface area contributed by atoms with E-state index in [1.807, 2.05) is 4.90 Å². The zero-order valence-corrected chi connectivity index (χ0v) is 41.7. The lowest BCUT2D eigenvalue weighted by molar-refractivity contribution is 0.110. The van der Waals surface area contributed by atoms with Gasteiger partial charge in [0.25, 0.3) is 0 Å². The van der Waals surface area contributed by atoms with Gasteiger partial charge in [-0.3, -0.25) is 9.80 Å². The lowest BCUT2D eigenvalue weighted by Gasteiger charge is -2.18. The minimum atomic E-state index is 0.180. The molecular weight excluding hydrogens is 729 g/mol. The SMILES string of the molecule is CCCCCCN(CC)CC.CCCCCCN(CC)CCO.CCCCCCN(CC)CCS.CCCCCCN(CC)CO.CCN(CO)CCCCCN. The molecule has 0 spiro atoms. The van der Waals surface area contributed by atoms with Crippen LogP contribution in [0.1, 0.15) is 191 Å². The Kier molecular flexibility index (Phi) is 72.6. The molecule has 57 heavy (non-hydrogen) atoms. The molecule has 9 nitrogen and oxygen atoms in total. The van der Waals surface area contributed by atoms with E-state index in [1.165, 1.54) is 142 Å². The molecule has 0 amide bonds. The van der Waals surface area contributed by atoms with E-state index in [9.17, 15) is 0 Å². The van der Waals surface area contributed by atoms with Crippen molar-refractivity contribution in [2.45, 2.75) is 191 Å². The van der Waals surface area contributed by atoms with Crippen molar-refractivity contribution in [1.29, 1.82) is 0 Å². The van der Waals surface area contributed by atoms with Gasteiger partial charge in [0.05, 0.1) is 20.1 Å². The summed E-state index contributed by atoms with van der Waals surface area (Å²) in [6, 6.07) is 0. The van der Waals surface area contributed by atoms with Crippen LogP contribution in [0.2, 0.25) is 0 Å². The van der Waals surface area contributed by atoms with Gasteiger partial charge < -0.3 is 35.8 Å². The fourth-order valence-corrected chi connectivity index (χ4v) is 6.32. The highest BCUT2D eigenvalue weighted by Crippen LogP contribution is 2.03. The van der Waals surface area contributed by atoms with Crippen LogP contribution in [0.5, 0.6) is 0 Å². The first-order chi connectivity index (χ1) is 27.7. The highest BCUT2D eigenvalue weighted by molar-refractivity contribution is 7.80. The van der Waals surface area contributed by atoms with Crippen molar-refractivity contribution in [3.63, 3.8) is 0 Å². The van der Waals surface area contributed by atoms with Gasteiger partial charge >= 0.3 is 0 Å². The molecule has 0 heterocycles. The summed E-state index contributed by atoms with van der Waals surface area (Å²) >= 11 is 4.24. The number of thiol groups is 1. The van der Waals surface area contributed by atoms with E-state index in [-0.39, 0.29) is 13.5 Å². The molecule has 0 aromatic carbocycles. The Labute approximate surface area is 365 Å². The standard InChI is InChI=1S/C10H23NO.C10H23NS.C10H23N.C9H21NO.C8H20N2O/c2*1-3-5-6-7-8-11(4-2)9-10-12;1-4-7-8-9-10-11(5-2)6-3;1-3-5-6-7-8-10(4-2)9-11;1-2-10(8-11)7-5-3-4-6-9/h2*12H,3-10H2,1-2H3;4-10H2,1-3H3;11H,3-9H2,1-2H3;11H,2-9H2,1H3. The number of hydrogen-bond donors (Lipinski definition) is 5. The topological polar surface area (TPSA) is 103 Å². The van der Waals surface area contributed by atoms with Crippen molar-refractivity contribution >= 4 is 12.6 Å². The molecule has 5 N–H and O–H groups in total. The first-order valence-electron chi connectivity index (χ1n) is 24.5. The van der Waals surface area contributed by atoms with Crippen LogP contribution >= 0.6 is 12.6 Å². The maximum atomic E-state index is 8.81. The number of aliphatic hydroxyl groups excluding tert-OH is 3. The van der Waals surface area contributed by atoms with Crippen LogP contribution in [-0.2, 0) is 0 Å². The second kappa shape index (κ2) is 62.6. The molecule has 0 aromatic rings. The fourth-order valence-electron chi connectivity index (χ4n) is 6.04. The smallest absolute Gasteiger partial charge is 0.0956 e. The molecule has 0 aliphatic heterocycles. The minimum absolute atomic E-state index is 0.180. The van der Waals surface area contributed by atoms with Crippen molar-refractivity contribution in [2.75, 3.05) is 117 Å². The van der Waals surface area contributed by atoms with E-state index < -0.39 is 0 Å². The Balaban J connectivity index is -0.000000198. The van der Waals surface area contributed by atoms with Gasteiger partial charge in [0.1, 0.15) is 0 Å². The van der Waals surface area contributed by atoms with Gasteiger partial charge in [-0.25, -0.2) is 0 Å². The Hall–Kier alpha value is -0.0100. The van der Waals surface area contributed by atoms with E-state index in [0.717, 1.165) is 77.5 Å². The predicted octanol–water partition coefficient (Wildman–Crippen LogP) is 9.83. The highest BCUT2D eigenvalue weighted by atomic mass is 32.1.